The molecule has 0 aliphatic rings. The molecule has 144 valence electrons. The van der Waals surface area contributed by atoms with Gasteiger partial charge in [-0.05, 0) is 51.5 Å². The molecule has 0 bridgehead atoms. The average Bonchev–Trinajstić information content (AvgIpc) is 2.60. The van der Waals surface area contributed by atoms with Gasteiger partial charge in [-0.2, -0.15) is 5.10 Å². The van der Waals surface area contributed by atoms with E-state index in [1.165, 1.54) is 10.7 Å². The third-order valence-corrected chi connectivity index (χ3v) is 4.32. The minimum absolute atomic E-state index is 0.391. The maximum absolute atomic E-state index is 12.3. The van der Waals surface area contributed by atoms with Crippen LogP contribution in [0.4, 0.5) is 0 Å². The van der Waals surface area contributed by atoms with Crippen LogP contribution < -0.4 is 10.7 Å². The summed E-state index contributed by atoms with van der Waals surface area (Å²) in [6.45, 7) is 6.86. The van der Waals surface area contributed by atoms with Crippen LogP contribution in [0.1, 0.15) is 43.4 Å². The van der Waals surface area contributed by atoms with Gasteiger partial charge in [0, 0.05) is 22.3 Å². The Bertz CT molecular complexity index is 904. The van der Waals surface area contributed by atoms with Gasteiger partial charge < -0.3 is 10.1 Å². The van der Waals surface area contributed by atoms with Crippen LogP contribution in [0.25, 0.3) is 5.69 Å². The molecule has 0 aliphatic carbocycles. The number of amides is 1. The highest BCUT2D eigenvalue weighted by Crippen LogP contribution is 2.14. The zero-order valence-corrected chi connectivity index (χ0v) is 16.5. The van der Waals surface area contributed by atoms with Crippen molar-refractivity contribution in [3.05, 3.63) is 57.0 Å². The molecule has 2 aromatic rings. The fourth-order valence-corrected chi connectivity index (χ4v) is 2.36. The van der Waals surface area contributed by atoms with Crippen molar-refractivity contribution in [2.45, 2.75) is 39.7 Å². The van der Waals surface area contributed by atoms with E-state index in [9.17, 15) is 14.4 Å². The number of ether oxygens (including phenoxy) is 1. The quantitative estimate of drug-likeness (QED) is 0.764. The molecule has 0 atom stereocenters. The lowest BCUT2D eigenvalue weighted by Gasteiger charge is -2.24. The molecule has 1 amide bonds. The first-order valence-corrected chi connectivity index (χ1v) is 8.86. The molecule has 1 heterocycles. The zero-order chi connectivity index (χ0) is 20.2. The fourth-order valence-electron chi connectivity index (χ4n) is 2.23. The predicted octanol–water partition coefficient (Wildman–Crippen LogP) is 2.66. The summed E-state index contributed by atoms with van der Waals surface area (Å²) in [7, 11) is 0. The van der Waals surface area contributed by atoms with Crippen LogP contribution in [0.15, 0.2) is 35.1 Å². The van der Waals surface area contributed by atoms with Crippen molar-refractivity contribution in [1.29, 1.82) is 0 Å². The number of benzene rings is 1. The molecule has 1 aromatic carbocycles. The number of carbonyl (C=O) groups is 2. The lowest BCUT2D eigenvalue weighted by atomic mass is 10.0. The van der Waals surface area contributed by atoms with Gasteiger partial charge in [-0.15, -0.1) is 0 Å². The molecular weight excluding hydrogens is 370 g/mol. The maximum atomic E-state index is 12.3. The van der Waals surface area contributed by atoms with E-state index in [-0.39, 0.29) is 0 Å². The van der Waals surface area contributed by atoms with Gasteiger partial charge in [0.05, 0.1) is 5.69 Å². The first kappa shape index (κ1) is 20.6. The predicted molar refractivity (Wildman–Crippen MR) is 102 cm³/mol. The number of carbonyl (C=O) groups excluding carboxylic acids is 2. The Balaban J connectivity index is 2.19. The number of halogens is 1. The highest BCUT2D eigenvalue weighted by Gasteiger charge is 2.21. The molecule has 1 aromatic heterocycles. The number of nitrogens with one attached hydrogen (secondary N) is 1. The van der Waals surface area contributed by atoms with E-state index in [4.69, 9.17) is 16.3 Å². The van der Waals surface area contributed by atoms with Crippen molar-refractivity contribution in [3.8, 4) is 5.69 Å². The number of aromatic nitrogens is 2. The number of aryl methyl sites for hydroxylation is 1. The van der Waals surface area contributed by atoms with Gasteiger partial charge in [0.15, 0.2) is 6.61 Å². The lowest BCUT2D eigenvalue weighted by molar-refractivity contribution is -0.125. The molecule has 7 nitrogen and oxygen atoms in total. The second kappa shape index (κ2) is 8.35. The minimum Gasteiger partial charge on any atom is -0.451 e. The molecule has 0 saturated carbocycles. The molecule has 1 N–H and O–H groups in total. The van der Waals surface area contributed by atoms with E-state index < -0.39 is 35.1 Å². The van der Waals surface area contributed by atoms with E-state index >= 15 is 0 Å². The standard InChI is InChI=1S/C19H22ClN3O4/c1-5-19(3,4)21-16(25)11-27-18(26)17-15(24)10-12(2)23(22-17)14-8-6-13(20)7-9-14/h6-10H,5,11H2,1-4H3,(H,21,25). The second-order valence-electron chi connectivity index (χ2n) is 6.75. The van der Waals surface area contributed by atoms with Gasteiger partial charge in [0.25, 0.3) is 5.91 Å². The molecule has 0 aliphatic heterocycles. The summed E-state index contributed by atoms with van der Waals surface area (Å²) in [6.07, 6.45) is 0.720. The first-order valence-electron chi connectivity index (χ1n) is 8.48. The monoisotopic (exact) mass is 391 g/mol. The molecule has 0 radical (unpaired) electrons. The lowest BCUT2D eigenvalue weighted by Crippen LogP contribution is -2.44. The maximum Gasteiger partial charge on any atom is 0.363 e. The molecule has 0 saturated heterocycles. The number of hydrogen-bond donors (Lipinski definition) is 1. The van der Waals surface area contributed by atoms with Crippen molar-refractivity contribution in [1.82, 2.24) is 15.1 Å². The molecule has 8 heteroatoms. The summed E-state index contributed by atoms with van der Waals surface area (Å²) in [5, 5.41) is 7.40. The molecule has 27 heavy (non-hydrogen) atoms. The van der Waals surface area contributed by atoms with Gasteiger partial charge >= 0.3 is 5.97 Å². The third-order valence-electron chi connectivity index (χ3n) is 4.07. The van der Waals surface area contributed by atoms with Crippen LogP contribution in [-0.2, 0) is 9.53 Å². The topological polar surface area (TPSA) is 90.3 Å². The summed E-state index contributed by atoms with van der Waals surface area (Å²) < 4.78 is 6.40. The molecule has 2 rings (SSSR count). The number of nitrogens with zero attached hydrogens (tertiary/aromatic N) is 2. The molecular formula is C19H22ClN3O4. The molecule has 0 fully saturated rings. The van der Waals surface area contributed by atoms with Crippen LogP contribution in [0.2, 0.25) is 5.02 Å². The fraction of sp³-hybridized carbons (Fsp3) is 0.368. The van der Waals surface area contributed by atoms with Crippen LogP contribution in [0, 0.1) is 6.92 Å². The first-order chi connectivity index (χ1) is 12.6. The number of rotatable bonds is 6. The normalized spacial score (nSPS) is 11.1. The van der Waals surface area contributed by atoms with E-state index in [1.54, 1.807) is 31.2 Å². The summed E-state index contributed by atoms with van der Waals surface area (Å²) in [6, 6.07) is 8.06. The Morgan fingerprint density at radius 1 is 1.26 bits per heavy atom. The molecule has 0 spiro atoms. The summed E-state index contributed by atoms with van der Waals surface area (Å²) >= 11 is 5.88. The van der Waals surface area contributed by atoms with Gasteiger partial charge in [-0.3, -0.25) is 9.59 Å². The van der Waals surface area contributed by atoms with Gasteiger partial charge in [-0.25, -0.2) is 9.48 Å². The van der Waals surface area contributed by atoms with Crippen LogP contribution in [0.5, 0.6) is 0 Å². The van der Waals surface area contributed by atoms with Gasteiger partial charge in [-0.1, -0.05) is 18.5 Å². The average molecular weight is 392 g/mol. The highest BCUT2D eigenvalue weighted by molar-refractivity contribution is 6.30. The van der Waals surface area contributed by atoms with Crippen molar-refractivity contribution in [3.63, 3.8) is 0 Å². The van der Waals surface area contributed by atoms with Crippen molar-refractivity contribution >= 4 is 23.5 Å². The van der Waals surface area contributed by atoms with E-state index in [1.807, 2.05) is 20.8 Å². The van der Waals surface area contributed by atoms with Crippen LogP contribution >= 0.6 is 11.6 Å². The molecule has 0 unspecified atom stereocenters. The smallest absolute Gasteiger partial charge is 0.363 e. The van der Waals surface area contributed by atoms with Crippen molar-refractivity contribution in [2.75, 3.05) is 6.61 Å². The van der Waals surface area contributed by atoms with Crippen LogP contribution in [-0.4, -0.2) is 33.8 Å². The summed E-state index contributed by atoms with van der Waals surface area (Å²) in [5.41, 5.74) is -0.197. The number of hydrogen-bond acceptors (Lipinski definition) is 5. The van der Waals surface area contributed by atoms with Crippen LogP contribution in [0.3, 0.4) is 0 Å². The van der Waals surface area contributed by atoms with Crippen molar-refractivity contribution in [2.24, 2.45) is 0 Å². The zero-order valence-electron chi connectivity index (χ0n) is 15.7. The Labute approximate surface area is 162 Å². The number of esters is 1. The Hall–Kier alpha value is -2.67. The third kappa shape index (κ3) is 5.40. The summed E-state index contributed by atoms with van der Waals surface area (Å²) in [5.74, 6) is -1.40. The highest BCUT2D eigenvalue weighted by atomic mass is 35.5. The minimum atomic E-state index is -0.952. The van der Waals surface area contributed by atoms with Gasteiger partial charge in [0.2, 0.25) is 11.1 Å². The van der Waals surface area contributed by atoms with Gasteiger partial charge in [0.1, 0.15) is 0 Å². The van der Waals surface area contributed by atoms with E-state index in [0.29, 0.717) is 16.4 Å². The summed E-state index contributed by atoms with van der Waals surface area (Å²) in [4.78, 5) is 36.3. The van der Waals surface area contributed by atoms with Crippen molar-refractivity contribution < 1.29 is 14.3 Å². The van der Waals surface area contributed by atoms with E-state index in [0.717, 1.165) is 6.42 Å². The Kier molecular flexibility index (Phi) is 6.38. The largest absolute Gasteiger partial charge is 0.451 e. The SMILES string of the molecule is CCC(C)(C)NC(=O)COC(=O)c1nn(-c2ccc(Cl)cc2)c(C)cc1=O. The second-order valence-corrected chi connectivity index (χ2v) is 7.18. The Morgan fingerprint density at radius 3 is 2.48 bits per heavy atom. The van der Waals surface area contributed by atoms with E-state index in [2.05, 4.69) is 10.4 Å². The Morgan fingerprint density at radius 2 is 1.89 bits per heavy atom.